The fraction of sp³-hybridized carbons (Fsp3) is 0.600. The van der Waals surface area contributed by atoms with Gasteiger partial charge in [-0.2, -0.15) is 4.98 Å². The fourth-order valence-corrected chi connectivity index (χ4v) is 1.19. The van der Waals surface area contributed by atoms with Crippen LogP contribution in [-0.2, 0) is 20.7 Å². The number of hydrogen-bond acceptors (Lipinski definition) is 6. The number of amides is 1. The summed E-state index contributed by atoms with van der Waals surface area (Å²) in [6, 6.07) is 0. The first-order chi connectivity index (χ1) is 8.02. The van der Waals surface area contributed by atoms with Crippen LogP contribution in [-0.4, -0.2) is 47.6 Å². The number of likely N-dealkylation sites (N-methyl/N-ethyl adjacent to an activating group) is 1. The zero-order chi connectivity index (χ0) is 12.8. The second-order valence-electron chi connectivity index (χ2n) is 3.56. The van der Waals surface area contributed by atoms with E-state index < -0.39 is 5.97 Å². The average Bonchev–Trinajstić information content (AvgIpc) is 2.71. The van der Waals surface area contributed by atoms with Crippen molar-refractivity contribution in [1.29, 1.82) is 0 Å². The molecule has 0 bridgehead atoms. The molecular weight excluding hydrogens is 226 g/mol. The predicted octanol–water partition coefficient (Wildman–Crippen LogP) is -0.0580. The molecule has 0 aliphatic carbocycles. The van der Waals surface area contributed by atoms with Crippen LogP contribution >= 0.6 is 0 Å². The Morgan fingerprint density at radius 1 is 1.47 bits per heavy atom. The van der Waals surface area contributed by atoms with Crippen molar-refractivity contribution in [1.82, 2.24) is 15.0 Å². The number of carbonyl (C=O) groups is 2. The molecule has 17 heavy (non-hydrogen) atoms. The molecule has 0 atom stereocenters. The van der Waals surface area contributed by atoms with Crippen LogP contribution in [0.3, 0.4) is 0 Å². The van der Waals surface area contributed by atoms with Gasteiger partial charge in [-0.05, 0) is 6.92 Å². The highest BCUT2D eigenvalue weighted by molar-refractivity contribution is 5.81. The third-order valence-corrected chi connectivity index (χ3v) is 2.14. The van der Waals surface area contributed by atoms with E-state index in [0.29, 0.717) is 18.1 Å². The minimum atomic E-state index is -0.450. The molecule has 0 unspecified atom stereocenters. The van der Waals surface area contributed by atoms with E-state index in [1.165, 1.54) is 19.1 Å². The van der Waals surface area contributed by atoms with E-state index in [-0.39, 0.29) is 18.9 Å². The van der Waals surface area contributed by atoms with Crippen molar-refractivity contribution in [3.05, 3.63) is 11.7 Å². The van der Waals surface area contributed by atoms with Gasteiger partial charge >= 0.3 is 5.97 Å². The highest BCUT2D eigenvalue weighted by Crippen LogP contribution is 2.02. The van der Waals surface area contributed by atoms with Crippen molar-refractivity contribution < 1.29 is 18.8 Å². The molecule has 7 heteroatoms. The maximum absolute atomic E-state index is 11.6. The molecule has 0 aromatic carbocycles. The van der Waals surface area contributed by atoms with E-state index in [1.807, 2.05) is 0 Å². The van der Waals surface area contributed by atoms with Crippen molar-refractivity contribution in [2.24, 2.45) is 0 Å². The van der Waals surface area contributed by atoms with E-state index in [0.717, 1.165) is 0 Å². The number of hydrogen-bond donors (Lipinski definition) is 0. The van der Waals surface area contributed by atoms with Gasteiger partial charge in [0.15, 0.2) is 5.82 Å². The Kier molecular flexibility index (Phi) is 4.62. The summed E-state index contributed by atoms with van der Waals surface area (Å²) in [7, 11) is 2.82. The van der Waals surface area contributed by atoms with Gasteiger partial charge in [-0.3, -0.25) is 9.59 Å². The Morgan fingerprint density at radius 3 is 2.71 bits per heavy atom. The zero-order valence-electron chi connectivity index (χ0n) is 10.1. The van der Waals surface area contributed by atoms with Gasteiger partial charge in [0.2, 0.25) is 11.8 Å². The summed E-state index contributed by atoms with van der Waals surface area (Å²) in [6.45, 7) is 1.65. The first-order valence-electron chi connectivity index (χ1n) is 5.13. The monoisotopic (exact) mass is 241 g/mol. The maximum atomic E-state index is 11.6. The maximum Gasteiger partial charge on any atom is 0.325 e. The molecular formula is C10H15N3O4. The van der Waals surface area contributed by atoms with Crippen molar-refractivity contribution in [2.75, 3.05) is 20.7 Å². The summed E-state index contributed by atoms with van der Waals surface area (Å²) in [5, 5.41) is 3.62. The summed E-state index contributed by atoms with van der Waals surface area (Å²) in [5.74, 6) is 0.332. The molecule has 1 aromatic heterocycles. The van der Waals surface area contributed by atoms with Gasteiger partial charge in [-0.25, -0.2) is 0 Å². The quantitative estimate of drug-likeness (QED) is 0.671. The van der Waals surface area contributed by atoms with Gasteiger partial charge in [0.25, 0.3) is 0 Å². The first-order valence-corrected chi connectivity index (χ1v) is 5.13. The zero-order valence-corrected chi connectivity index (χ0v) is 10.1. The first kappa shape index (κ1) is 13.1. The van der Waals surface area contributed by atoms with Crippen molar-refractivity contribution in [3.8, 4) is 0 Å². The van der Waals surface area contributed by atoms with Crippen LogP contribution in [0, 0.1) is 6.92 Å². The molecule has 0 spiro atoms. The second kappa shape index (κ2) is 5.97. The summed E-state index contributed by atoms with van der Waals surface area (Å²) in [4.78, 5) is 27.8. The van der Waals surface area contributed by atoms with Crippen molar-refractivity contribution >= 4 is 11.9 Å². The number of nitrogens with zero attached hydrogens (tertiary/aromatic N) is 3. The molecule has 0 fully saturated rings. The molecule has 0 aliphatic heterocycles. The Labute approximate surface area is 98.7 Å². The SMILES string of the molecule is COC(=O)CN(C)C(=O)CCc1nc(C)no1. The Balaban J connectivity index is 2.36. The highest BCUT2D eigenvalue weighted by Gasteiger charge is 2.14. The molecule has 0 radical (unpaired) electrons. The number of methoxy groups -OCH3 is 1. The fourth-order valence-electron chi connectivity index (χ4n) is 1.19. The van der Waals surface area contributed by atoms with Gasteiger partial charge in [0.05, 0.1) is 7.11 Å². The molecule has 7 nitrogen and oxygen atoms in total. The Hall–Kier alpha value is -1.92. The molecule has 0 N–H and O–H groups in total. The van der Waals surface area contributed by atoms with E-state index in [1.54, 1.807) is 6.92 Å². The summed E-state index contributed by atoms with van der Waals surface area (Å²) < 4.78 is 9.34. The van der Waals surface area contributed by atoms with Gasteiger partial charge in [-0.15, -0.1) is 0 Å². The van der Waals surface area contributed by atoms with Crippen molar-refractivity contribution in [2.45, 2.75) is 19.8 Å². The largest absolute Gasteiger partial charge is 0.468 e. The molecule has 1 rings (SSSR count). The van der Waals surface area contributed by atoms with Gasteiger partial charge in [0, 0.05) is 19.9 Å². The summed E-state index contributed by atoms with van der Waals surface area (Å²) in [6.07, 6.45) is 0.584. The topological polar surface area (TPSA) is 85.5 Å². The number of rotatable bonds is 5. The standard InChI is InChI=1S/C10H15N3O4/c1-7-11-8(17-12-7)4-5-9(14)13(2)6-10(15)16-3/h4-6H2,1-3H3. The third-order valence-electron chi connectivity index (χ3n) is 2.14. The third kappa shape index (κ3) is 4.21. The minimum Gasteiger partial charge on any atom is -0.468 e. The van der Waals surface area contributed by atoms with Crippen molar-refractivity contribution in [3.63, 3.8) is 0 Å². The number of aryl methyl sites for hydroxylation is 2. The molecule has 0 saturated heterocycles. The minimum absolute atomic E-state index is 0.0573. The van der Waals surface area contributed by atoms with Crippen LogP contribution < -0.4 is 0 Å². The van der Waals surface area contributed by atoms with Gasteiger partial charge < -0.3 is 14.2 Å². The molecule has 0 saturated carbocycles. The Bertz CT molecular complexity index is 402. The molecule has 94 valence electrons. The second-order valence-corrected chi connectivity index (χ2v) is 3.56. The van der Waals surface area contributed by atoms with E-state index in [4.69, 9.17) is 4.52 Å². The number of ether oxygens (including phenoxy) is 1. The molecule has 0 aliphatic rings. The number of aromatic nitrogens is 2. The van der Waals surface area contributed by atoms with E-state index >= 15 is 0 Å². The predicted molar refractivity (Wildman–Crippen MR) is 57.0 cm³/mol. The summed E-state index contributed by atoms with van der Waals surface area (Å²) >= 11 is 0. The van der Waals surface area contributed by atoms with Gasteiger partial charge in [-0.1, -0.05) is 5.16 Å². The van der Waals surface area contributed by atoms with Crippen LogP contribution in [0.2, 0.25) is 0 Å². The smallest absolute Gasteiger partial charge is 0.325 e. The molecule has 1 amide bonds. The highest BCUT2D eigenvalue weighted by atomic mass is 16.5. The normalized spacial score (nSPS) is 10.1. The molecule has 1 aromatic rings. The molecule has 1 heterocycles. The number of esters is 1. The van der Waals surface area contributed by atoms with E-state index in [9.17, 15) is 9.59 Å². The lowest BCUT2D eigenvalue weighted by Crippen LogP contribution is -2.32. The van der Waals surface area contributed by atoms with Crippen LogP contribution in [0.25, 0.3) is 0 Å². The van der Waals surface area contributed by atoms with Crippen LogP contribution in [0.4, 0.5) is 0 Å². The lowest BCUT2D eigenvalue weighted by molar-refractivity contribution is -0.146. The number of carbonyl (C=O) groups excluding carboxylic acids is 2. The van der Waals surface area contributed by atoms with Crippen LogP contribution in [0.1, 0.15) is 18.1 Å². The summed E-state index contributed by atoms with van der Waals surface area (Å²) in [5.41, 5.74) is 0. The lowest BCUT2D eigenvalue weighted by atomic mass is 10.3. The van der Waals surface area contributed by atoms with E-state index in [2.05, 4.69) is 14.9 Å². The average molecular weight is 241 g/mol. The van der Waals surface area contributed by atoms with Crippen LogP contribution in [0.5, 0.6) is 0 Å². The van der Waals surface area contributed by atoms with Crippen LogP contribution in [0.15, 0.2) is 4.52 Å². The lowest BCUT2D eigenvalue weighted by Gasteiger charge is -2.14. The Morgan fingerprint density at radius 2 is 2.18 bits per heavy atom. The van der Waals surface area contributed by atoms with Gasteiger partial charge in [0.1, 0.15) is 6.54 Å².